The van der Waals surface area contributed by atoms with Crippen molar-refractivity contribution >= 4 is 29.0 Å². The fraction of sp³-hybridized carbons (Fsp3) is 0.333. The molecule has 1 saturated heterocycles. The van der Waals surface area contributed by atoms with E-state index in [1.807, 2.05) is 0 Å². The molecule has 7 heteroatoms. The molecule has 0 N–H and O–H groups in total. The molecule has 118 valence electrons. The molecule has 1 aromatic rings. The number of carbonyl (C=O) groups excluding carboxylic acids is 2. The van der Waals surface area contributed by atoms with E-state index in [9.17, 15) is 9.59 Å². The summed E-state index contributed by atoms with van der Waals surface area (Å²) in [5.74, 6) is 1.27. The lowest BCUT2D eigenvalue weighted by molar-refractivity contribution is -0.122. The van der Waals surface area contributed by atoms with Gasteiger partial charge in [-0.05, 0) is 24.8 Å². The van der Waals surface area contributed by atoms with Gasteiger partial charge < -0.3 is 14.2 Å². The van der Waals surface area contributed by atoms with Gasteiger partial charge in [-0.15, -0.1) is 0 Å². The molecule has 1 aromatic carbocycles. The number of likely N-dealkylation sites (N-methyl/N-ethyl adjacent to an activating group) is 1. The van der Waals surface area contributed by atoms with Gasteiger partial charge in [-0.2, -0.15) is 0 Å². The minimum Gasteiger partial charge on any atom is -0.496 e. The number of nitrogens with zero attached hydrogens (tertiary/aromatic N) is 1. The quantitative estimate of drug-likeness (QED) is 0.776. The van der Waals surface area contributed by atoms with Gasteiger partial charge in [-0.25, -0.2) is 0 Å². The van der Waals surface area contributed by atoms with Gasteiger partial charge in [0.2, 0.25) is 0 Å². The molecule has 1 aliphatic heterocycles. The number of thioether (sulfide) groups is 1. The molecule has 0 atom stereocenters. The highest BCUT2D eigenvalue weighted by Gasteiger charge is 2.34. The fourth-order valence-electron chi connectivity index (χ4n) is 2.08. The van der Waals surface area contributed by atoms with Crippen LogP contribution in [0.15, 0.2) is 17.0 Å². The van der Waals surface area contributed by atoms with Gasteiger partial charge >= 0.3 is 0 Å². The first-order valence-electron chi connectivity index (χ1n) is 6.61. The Labute approximate surface area is 133 Å². The van der Waals surface area contributed by atoms with Gasteiger partial charge in [0.05, 0.1) is 31.8 Å². The number of hydrogen-bond acceptors (Lipinski definition) is 6. The summed E-state index contributed by atoms with van der Waals surface area (Å²) in [6.07, 6.45) is 1.61. The number of hydrogen-bond donors (Lipinski definition) is 0. The van der Waals surface area contributed by atoms with Crippen LogP contribution >= 0.6 is 11.8 Å². The third-order valence-electron chi connectivity index (χ3n) is 3.22. The van der Waals surface area contributed by atoms with Crippen molar-refractivity contribution in [2.75, 3.05) is 27.9 Å². The third kappa shape index (κ3) is 2.89. The Morgan fingerprint density at radius 2 is 1.68 bits per heavy atom. The van der Waals surface area contributed by atoms with E-state index in [1.54, 1.807) is 32.2 Å². The summed E-state index contributed by atoms with van der Waals surface area (Å²) >= 11 is 0.906. The van der Waals surface area contributed by atoms with Crippen LogP contribution in [0.3, 0.4) is 0 Å². The lowest BCUT2D eigenvalue weighted by Crippen LogP contribution is -2.27. The molecule has 0 radical (unpaired) electrons. The summed E-state index contributed by atoms with van der Waals surface area (Å²) < 4.78 is 15.8. The second-order valence-corrected chi connectivity index (χ2v) is 5.36. The van der Waals surface area contributed by atoms with Crippen molar-refractivity contribution in [2.24, 2.45) is 0 Å². The Morgan fingerprint density at radius 1 is 1.09 bits per heavy atom. The predicted molar refractivity (Wildman–Crippen MR) is 84.4 cm³/mol. The van der Waals surface area contributed by atoms with Crippen LogP contribution in [-0.4, -0.2) is 43.9 Å². The number of ether oxygens (including phenoxy) is 3. The first-order chi connectivity index (χ1) is 10.5. The van der Waals surface area contributed by atoms with Crippen LogP contribution in [0.25, 0.3) is 6.08 Å². The Kier molecular flexibility index (Phi) is 4.97. The van der Waals surface area contributed by atoms with E-state index in [1.165, 1.54) is 19.1 Å². The van der Waals surface area contributed by atoms with Crippen LogP contribution in [0, 0.1) is 0 Å². The van der Waals surface area contributed by atoms with Gasteiger partial charge in [0, 0.05) is 18.7 Å². The summed E-state index contributed by atoms with van der Waals surface area (Å²) in [4.78, 5) is 25.5. The van der Waals surface area contributed by atoms with Crippen LogP contribution in [-0.2, 0) is 4.79 Å². The van der Waals surface area contributed by atoms with Gasteiger partial charge in [-0.1, -0.05) is 0 Å². The SMILES string of the molecule is CCN1C(=O)SC(=Cc2c(OC)cc(OC)cc2OC)C1=O. The Hall–Kier alpha value is -2.15. The molecule has 0 spiro atoms. The molecule has 2 rings (SSSR count). The smallest absolute Gasteiger partial charge is 0.293 e. The van der Waals surface area contributed by atoms with E-state index in [-0.39, 0.29) is 11.1 Å². The molecule has 0 aliphatic carbocycles. The molecule has 0 unspecified atom stereocenters. The third-order valence-corrected chi connectivity index (χ3v) is 4.13. The zero-order valence-electron chi connectivity index (χ0n) is 12.8. The van der Waals surface area contributed by atoms with Crippen molar-refractivity contribution in [3.8, 4) is 17.2 Å². The van der Waals surface area contributed by atoms with E-state index in [0.717, 1.165) is 11.8 Å². The van der Waals surface area contributed by atoms with Crippen molar-refractivity contribution in [2.45, 2.75) is 6.92 Å². The van der Waals surface area contributed by atoms with Crippen molar-refractivity contribution < 1.29 is 23.8 Å². The van der Waals surface area contributed by atoms with E-state index in [0.29, 0.717) is 34.3 Å². The van der Waals surface area contributed by atoms with Gasteiger partial charge in [0.15, 0.2) is 0 Å². The minimum absolute atomic E-state index is 0.273. The summed E-state index contributed by atoms with van der Waals surface area (Å²) in [5.41, 5.74) is 0.590. The first kappa shape index (κ1) is 16.2. The van der Waals surface area contributed by atoms with Crippen molar-refractivity contribution in [3.63, 3.8) is 0 Å². The van der Waals surface area contributed by atoms with E-state index >= 15 is 0 Å². The van der Waals surface area contributed by atoms with Crippen LogP contribution in [0.5, 0.6) is 17.2 Å². The highest BCUT2D eigenvalue weighted by atomic mass is 32.2. The Balaban J connectivity index is 2.51. The summed E-state index contributed by atoms with van der Waals surface area (Å²) in [7, 11) is 4.58. The van der Waals surface area contributed by atoms with Gasteiger partial charge in [0.1, 0.15) is 17.2 Å². The number of benzene rings is 1. The summed E-state index contributed by atoms with van der Waals surface area (Å²) in [5, 5.41) is -0.273. The molecule has 1 aliphatic rings. The van der Waals surface area contributed by atoms with Crippen LogP contribution in [0.1, 0.15) is 12.5 Å². The monoisotopic (exact) mass is 323 g/mol. The molecular weight excluding hydrogens is 306 g/mol. The average molecular weight is 323 g/mol. The number of methoxy groups -OCH3 is 3. The van der Waals surface area contributed by atoms with E-state index < -0.39 is 0 Å². The molecule has 6 nitrogen and oxygen atoms in total. The number of carbonyl (C=O) groups is 2. The maximum Gasteiger partial charge on any atom is 0.293 e. The zero-order chi connectivity index (χ0) is 16.3. The number of rotatable bonds is 5. The molecule has 1 fully saturated rings. The topological polar surface area (TPSA) is 65.1 Å². The molecule has 0 aromatic heterocycles. The second-order valence-electron chi connectivity index (χ2n) is 4.37. The Bertz CT molecular complexity index is 616. The highest BCUT2D eigenvalue weighted by molar-refractivity contribution is 8.18. The number of amides is 2. The minimum atomic E-state index is -0.308. The van der Waals surface area contributed by atoms with Crippen LogP contribution in [0.4, 0.5) is 4.79 Å². The molecule has 0 bridgehead atoms. The molecular formula is C15H17NO5S. The highest BCUT2D eigenvalue weighted by Crippen LogP contribution is 2.39. The maximum atomic E-state index is 12.2. The Morgan fingerprint density at radius 3 is 2.09 bits per heavy atom. The lowest BCUT2D eigenvalue weighted by atomic mass is 10.1. The van der Waals surface area contributed by atoms with Crippen molar-refractivity contribution in [3.05, 3.63) is 22.6 Å². The zero-order valence-corrected chi connectivity index (χ0v) is 13.7. The molecule has 2 amide bonds. The largest absolute Gasteiger partial charge is 0.496 e. The summed E-state index contributed by atoms with van der Waals surface area (Å²) in [6.45, 7) is 2.10. The standard InChI is InChI=1S/C15H17NO5S/c1-5-16-14(17)13(22-15(16)18)8-10-11(20-3)6-9(19-2)7-12(10)21-4/h6-8H,5H2,1-4H3. The van der Waals surface area contributed by atoms with Crippen molar-refractivity contribution in [1.82, 2.24) is 4.90 Å². The lowest BCUT2D eigenvalue weighted by Gasteiger charge is -2.13. The van der Waals surface area contributed by atoms with Crippen molar-refractivity contribution in [1.29, 1.82) is 0 Å². The van der Waals surface area contributed by atoms with Gasteiger partial charge in [0.25, 0.3) is 11.1 Å². The maximum absolute atomic E-state index is 12.2. The molecule has 22 heavy (non-hydrogen) atoms. The van der Waals surface area contributed by atoms with Crippen LogP contribution < -0.4 is 14.2 Å². The second kappa shape index (κ2) is 6.74. The normalized spacial score (nSPS) is 16.4. The van der Waals surface area contributed by atoms with E-state index in [2.05, 4.69) is 0 Å². The number of imide groups is 1. The average Bonchev–Trinajstić information content (AvgIpc) is 2.80. The van der Waals surface area contributed by atoms with E-state index in [4.69, 9.17) is 14.2 Å². The summed E-state index contributed by atoms with van der Waals surface area (Å²) in [6, 6.07) is 3.39. The van der Waals surface area contributed by atoms with Gasteiger partial charge in [-0.3, -0.25) is 14.5 Å². The van der Waals surface area contributed by atoms with Crippen LogP contribution in [0.2, 0.25) is 0 Å². The first-order valence-corrected chi connectivity index (χ1v) is 7.42. The molecule has 0 saturated carbocycles. The molecule has 1 heterocycles. The predicted octanol–water partition coefficient (Wildman–Crippen LogP) is 2.77. The fourth-order valence-corrected chi connectivity index (χ4v) is 2.96.